The number of ether oxygens (including phenoxy) is 1. The molecule has 0 radical (unpaired) electrons. The Balaban J connectivity index is 1.57. The lowest BCUT2D eigenvalue weighted by Crippen LogP contribution is -2.40. The lowest BCUT2D eigenvalue weighted by molar-refractivity contribution is -0.130. The van der Waals surface area contributed by atoms with Gasteiger partial charge >= 0.3 is 5.97 Å². The van der Waals surface area contributed by atoms with Crippen LogP contribution in [0.1, 0.15) is 27.7 Å². The summed E-state index contributed by atoms with van der Waals surface area (Å²) in [5.74, 6) is -2.28. The second-order valence-corrected chi connectivity index (χ2v) is 8.40. The summed E-state index contributed by atoms with van der Waals surface area (Å²) in [7, 11) is 0. The third-order valence-corrected chi connectivity index (χ3v) is 6.24. The number of fused-ring (bicyclic) bond motifs is 1. The normalized spacial score (nSPS) is 11.8. The summed E-state index contributed by atoms with van der Waals surface area (Å²) in [6.07, 6.45) is -1.15. The standard InChI is InChI=1S/C22H20ClFN2O4S/c1-11-5-4-6-12(2)19(11)26-17(27)10-25-21(28)13(3)30-22(29)20-18(23)15-8-7-14(24)9-16(15)31-20/h4-9,13H,10H2,1-3H3,(H,25,28)(H,26,27). The summed E-state index contributed by atoms with van der Waals surface area (Å²) in [5.41, 5.74) is 2.50. The minimum atomic E-state index is -1.15. The van der Waals surface area contributed by atoms with E-state index in [1.54, 1.807) is 0 Å². The van der Waals surface area contributed by atoms with Crippen LogP contribution in [-0.4, -0.2) is 30.4 Å². The van der Waals surface area contributed by atoms with Crippen LogP contribution in [-0.2, 0) is 14.3 Å². The molecule has 0 saturated heterocycles. The number of para-hydroxylation sites is 1. The Morgan fingerprint density at radius 2 is 1.84 bits per heavy atom. The summed E-state index contributed by atoms with van der Waals surface area (Å²) in [6.45, 7) is 4.85. The summed E-state index contributed by atoms with van der Waals surface area (Å²) in [4.78, 5) is 37.0. The molecule has 1 heterocycles. The second kappa shape index (κ2) is 9.45. The van der Waals surface area contributed by atoms with Crippen molar-refractivity contribution in [1.82, 2.24) is 5.32 Å². The molecule has 0 saturated carbocycles. The van der Waals surface area contributed by atoms with E-state index in [-0.39, 0.29) is 16.4 Å². The summed E-state index contributed by atoms with van der Waals surface area (Å²) in [5, 5.41) is 5.87. The van der Waals surface area contributed by atoms with Gasteiger partial charge in [-0.15, -0.1) is 11.3 Å². The lowest BCUT2D eigenvalue weighted by Gasteiger charge is -2.14. The van der Waals surface area contributed by atoms with Crippen LogP contribution in [0.3, 0.4) is 0 Å². The number of rotatable bonds is 6. The first-order valence-corrected chi connectivity index (χ1v) is 10.6. The number of hydrogen-bond acceptors (Lipinski definition) is 5. The molecule has 2 amide bonds. The van der Waals surface area contributed by atoms with Gasteiger partial charge in [-0.2, -0.15) is 0 Å². The molecule has 2 aromatic carbocycles. The molecule has 162 valence electrons. The van der Waals surface area contributed by atoms with E-state index in [0.29, 0.717) is 15.8 Å². The van der Waals surface area contributed by atoms with E-state index in [1.807, 2.05) is 32.0 Å². The van der Waals surface area contributed by atoms with Crippen molar-refractivity contribution < 1.29 is 23.5 Å². The van der Waals surface area contributed by atoms with E-state index in [2.05, 4.69) is 10.6 Å². The molecular formula is C22H20ClFN2O4S. The number of thiophene rings is 1. The fraction of sp³-hybridized carbons (Fsp3) is 0.227. The van der Waals surface area contributed by atoms with Crippen LogP contribution in [0.4, 0.5) is 10.1 Å². The Hall–Kier alpha value is -2.97. The van der Waals surface area contributed by atoms with Crippen LogP contribution >= 0.6 is 22.9 Å². The van der Waals surface area contributed by atoms with E-state index in [9.17, 15) is 18.8 Å². The van der Waals surface area contributed by atoms with Crippen molar-refractivity contribution in [2.45, 2.75) is 26.9 Å². The molecule has 1 aromatic heterocycles. The average Bonchev–Trinajstić information content (AvgIpc) is 3.04. The number of nitrogens with one attached hydrogen (secondary N) is 2. The van der Waals surface area contributed by atoms with Crippen LogP contribution in [0.25, 0.3) is 10.1 Å². The summed E-state index contributed by atoms with van der Waals surface area (Å²) >= 11 is 7.19. The molecule has 3 rings (SSSR count). The first-order valence-electron chi connectivity index (χ1n) is 9.39. The topological polar surface area (TPSA) is 84.5 Å². The summed E-state index contributed by atoms with van der Waals surface area (Å²) in [6, 6.07) is 9.62. The highest BCUT2D eigenvalue weighted by Gasteiger charge is 2.24. The minimum absolute atomic E-state index is 0.0784. The molecule has 6 nitrogen and oxygen atoms in total. The molecule has 31 heavy (non-hydrogen) atoms. The van der Waals surface area contributed by atoms with Gasteiger partial charge in [0.15, 0.2) is 6.10 Å². The third kappa shape index (κ3) is 5.21. The Bertz CT molecular complexity index is 1160. The fourth-order valence-corrected chi connectivity index (χ4v) is 4.36. The van der Waals surface area contributed by atoms with Gasteiger partial charge in [0.2, 0.25) is 5.91 Å². The highest BCUT2D eigenvalue weighted by atomic mass is 35.5. The molecule has 0 bridgehead atoms. The quantitative estimate of drug-likeness (QED) is 0.524. The molecular weight excluding hydrogens is 443 g/mol. The molecule has 0 spiro atoms. The molecule has 1 unspecified atom stereocenters. The highest BCUT2D eigenvalue weighted by molar-refractivity contribution is 7.21. The van der Waals surface area contributed by atoms with E-state index in [4.69, 9.17) is 16.3 Å². The van der Waals surface area contributed by atoms with Gasteiger partial charge in [-0.3, -0.25) is 9.59 Å². The molecule has 1 atom stereocenters. The van der Waals surface area contributed by atoms with Crippen molar-refractivity contribution >= 4 is 56.5 Å². The van der Waals surface area contributed by atoms with Crippen LogP contribution < -0.4 is 10.6 Å². The molecule has 9 heteroatoms. The number of hydrogen-bond donors (Lipinski definition) is 2. The number of anilines is 1. The van der Waals surface area contributed by atoms with Crippen molar-refractivity contribution in [1.29, 1.82) is 0 Å². The van der Waals surface area contributed by atoms with Crippen LogP contribution in [0.2, 0.25) is 5.02 Å². The Morgan fingerprint density at radius 1 is 1.16 bits per heavy atom. The molecule has 3 aromatic rings. The van der Waals surface area contributed by atoms with Gasteiger partial charge in [-0.1, -0.05) is 29.8 Å². The maximum atomic E-state index is 13.4. The predicted molar refractivity (Wildman–Crippen MR) is 119 cm³/mol. The monoisotopic (exact) mass is 462 g/mol. The predicted octanol–water partition coefficient (Wildman–Crippen LogP) is 4.61. The van der Waals surface area contributed by atoms with Crippen molar-refractivity contribution in [2.24, 2.45) is 0 Å². The van der Waals surface area contributed by atoms with E-state index in [1.165, 1.54) is 25.1 Å². The second-order valence-electron chi connectivity index (χ2n) is 6.97. The van der Waals surface area contributed by atoms with E-state index in [0.717, 1.165) is 22.5 Å². The molecule has 0 aliphatic rings. The molecule has 2 N–H and O–H groups in total. The lowest BCUT2D eigenvalue weighted by atomic mass is 10.1. The average molecular weight is 463 g/mol. The number of benzene rings is 2. The Labute approximate surface area is 187 Å². The molecule has 0 fully saturated rings. The number of amides is 2. The van der Waals surface area contributed by atoms with E-state index < -0.39 is 29.7 Å². The third-order valence-electron chi connectivity index (χ3n) is 4.60. The molecule has 0 aliphatic carbocycles. The van der Waals surface area contributed by atoms with Gasteiger partial charge in [0, 0.05) is 15.8 Å². The maximum Gasteiger partial charge on any atom is 0.350 e. The first-order chi connectivity index (χ1) is 14.7. The van der Waals surface area contributed by atoms with Crippen LogP contribution in [0, 0.1) is 19.7 Å². The number of carbonyl (C=O) groups excluding carboxylic acids is 3. The zero-order valence-corrected chi connectivity index (χ0v) is 18.6. The van der Waals surface area contributed by atoms with Crippen LogP contribution in [0.15, 0.2) is 36.4 Å². The zero-order chi connectivity index (χ0) is 22.7. The van der Waals surface area contributed by atoms with Crippen LogP contribution in [0.5, 0.6) is 0 Å². The van der Waals surface area contributed by atoms with Crippen molar-refractivity contribution in [2.75, 3.05) is 11.9 Å². The fourth-order valence-electron chi connectivity index (χ4n) is 2.94. The van der Waals surface area contributed by atoms with Gasteiger partial charge in [-0.05, 0) is 50.1 Å². The van der Waals surface area contributed by atoms with Gasteiger partial charge in [0.05, 0.1) is 11.6 Å². The Kier molecular flexibility index (Phi) is 6.92. The summed E-state index contributed by atoms with van der Waals surface area (Å²) < 4.78 is 19.1. The number of halogens is 2. The number of esters is 1. The smallest absolute Gasteiger partial charge is 0.350 e. The van der Waals surface area contributed by atoms with Crippen molar-refractivity contribution in [3.8, 4) is 0 Å². The van der Waals surface area contributed by atoms with Gasteiger partial charge in [0.25, 0.3) is 5.91 Å². The van der Waals surface area contributed by atoms with Gasteiger partial charge < -0.3 is 15.4 Å². The first kappa shape index (κ1) is 22.7. The highest BCUT2D eigenvalue weighted by Crippen LogP contribution is 2.36. The van der Waals surface area contributed by atoms with Crippen molar-refractivity contribution in [3.05, 3.63) is 63.2 Å². The maximum absolute atomic E-state index is 13.4. The van der Waals surface area contributed by atoms with Gasteiger partial charge in [0.1, 0.15) is 10.7 Å². The van der Waals surface area contributed by atoms with E-state index >= 15 is 0 Å². The van der Waals surface area contributed by atoms with Crippen molar-refractivity contribution in [3.63, 3.8) is 0 Å². The molecule has 0 aliphatic heterocycles. The zero-order valence-electron chi connectivity index (χ0n) is 17.0. The SMILES string of the molecule is Cc1cccc(C)c1NC(=O)CNC(=O)C(C)OC(=O)c1sc2cc(F)ccc2c1Cl. The largest absolute Gasteiger partial charge is 0.448 e. The van der Waals surface area contributed by atoms with Gasteiger partial charge in [-0.25, -0.2) is 9.18 Å². The number of carbonyl (C=O) groups is 3. The number of aryl methyl sites for hydroxylation is 2. The Morgan fingerprint density at radius 3 is 2.52 bits per heavy atom. The minimum Gasteiger partial charge on any atom is -0.448 e.